The first-order valence-electron chi connectivity index (χ1n) is 12.5. The Bertz CT molecular complexity index is 1030. The zero-order chi connectivity index (χ0) is 26.8. The maximum Gasteiger partial charge on any atom is 0.257 e. The van der Waals surface area contributed by atoms with Crippen molar-refractivity contribution in [2.24, 2.45) is 0 Å². The van der Waals surface area contributed by atoms with Crippen LogP contribution in [0.5, 0.6) is 0 Å². The minimum absolute atomic E-state index is 0.00272. The Morgan fingerprint density at radius 3 is 2.51 bits per heavy atom. The molecule has 1 aromatic rings. The van der Waals surface area contributed by atoms with E-state index in [1.54, 1.807) is 24.1 Å². The lowest BCUT2D eigenvalue weighted by molar-refractivity contribution is -0.121. The van der Waals surface area contributed by atoms with Crippen molar-refractivity contribution in [1.82, 2.24) is 15.2 Å². The zero-order valence-electron chi connectivity index (χ0n) is 21.1. The van der Waals surface area contributed by atoms with Crippen LogP contribution in [-0.2, 0) is 9.59 Å². The van der Waals surface area contributed by atoms with Gasteiger partial charge in [0.25, 0.3) is 5.91 Å². The molecule has 1 saturated carbocycles. The summed E-state index contributed by atoms with van der Waals surface area (Å²) >= 11 is 1.82. The predicted molar refractivity (Wildman–Crippen MR) is 143 cm³/mol. The molecule has 37 heavy (non-hydrogen) atoms. The van der Waals surface area contributed by atoms with E-state index in [4.69, 9.17) is 0 Å². The standard InChI is InChI=1S/C27H34F2N4O3S/c1-19(28)6-4-3-5-7-25(35)31-21-8-10-22(11-9-21)32(2)27(36)24-16-20(29)17-30-26(24)33(18-34)23-12-14-37-15-13-23/h3-6,16-18,21-23H,1,7-15H2,2H3,(H,31,35)/b5-3-,6-4-. The van der Waals surface area contributed by atoms with Gasteiger partial charge in [-0.05, 0) is 62.2 Å². The number of rotatable bonds is 10. The summed E-state index contributed by atoms with van der Waals surface area (Å²) in [5.74, 6) is 0.358. The van der Waals surface area contributed by atoms with Crippen molar-refractivity contribution in [3.05, 3.63) is 60.4 Å². The molecule has 0 bridgehead atoms. The number of amides is 3. The summed E-state index contributed by atoms with van der Waals surface area (Å²) in [6, 6.07) is 1.02. The van der Waals surface area contributed by atoms with Gasteiger partial charge < -0.3 is 10.2 Å². The summed E-state index contributed by atoms with van der Waals surface area (Å²) in [6.07, 6.45) is 12.2. The van der Waals surface area contributed by atoms with E-state index >= 15 is 0 Å². The summed E-state index contributed by atoms with van der Waals surface area (Å²) in [7, 11) is 1.69. The molecule has 3 amide bonds. The van der Waals surface area contributed by atoms with E-state index in [9.17, 15) is 23.2 Å². The average molecular weight is 533 g/mol. The Morgan fingerprint density at radius 1 is 1.16 bits per heavy atom. The summed E-state index contributed by atoms with van der Waals surface area (Å²) < 4.78 is 26.7. The fourth-order valence-corrected chi connectivity index (χ4v) is 5.81. The molecule has 200 valence electrons. The molecule has 1 aliphatic carbocycles. The first-order valence-corrected chi connectivity index (χ1v) is 13.7. The molecule has 0 unspecified atom stereocenters. The van der Waals surface area contributed by atoms with Gasteiger partial charge in [-0.3, -0.25) is 19.3 Å². The molecule has 0 radical (unpaired) electrons. The number of aromatic nitrogens is 1. The van der Waals surface area contributed by atoms with Crippen LogP contribution in [0.3, 0.4) is 0 Å². The van der Waals surface area contributed by atoms with Gasteiger partial charge in [0.2, 0.25) is 12.3 Å². The Morgan fingerprint density at radius 2 is 1.86 bits per heavy atom. The first kappa shape index (κ1) is 28.6. The van der Waals surface area contributed by atoms with E-state index in [-0.39, 0.29) is 47.7 Å². The SMILES string of the molecule is C=C(F)/C=C\C=C/CC(=O)NC1CCC(N(C)C(=O)c2cc(F)cnc2N(C=O)C2CCSCC2)CC1. The van der Waals surface area contributed by atoms with Gasteiger partial charge in [0, 0.05) is 31.6 Å². The molecule has 3 rings (SSSR count). The number of nitrogens with one attached hydrogen (secondary N) is 1. The van der Waals surface area contributed by atoms with Gasteiger partial charge in [0.15, 0.2) is 0 Å². The summed E-state index contributed by atoms with van der Waals surface area (Å²) in [5, 5.41) is 3.00. The minimum atomic E-state index is -0.629. The van der Waals surface area contributed by atoms with Crippen LogP contribution in [0.2, 0.25) is 0 Å². The van der Waals surface area contributed by atoms with E-state index in [0.29, 0.717) is 32.1 Å². The van der Waals surface area contributed by atoms with Crippen molar-refractivity contribution in [3.63, 3.8) is 0 Å². The molecular formula is C27H34F2N4O3S. The molecule has 1 aliphatic heterocycles. The van der Waals surface area contributed by atoms with E-state index < -0.39 is 11.6 Å². The van der Waals surface area contributed by atoms with Gasteiger partial charge in [0.05, 0.1) is 11.8 Å². The van der Waals surface area contributed by atoms with Crippen molar-refractivity contribution in [2.75, 3.05) is 23.5 Å². The van der Waals surface area contributed by atoms with Crippen LogP contribution in [0.1, 0.15) is 55.3 Å². The minimum Gasteiger partial charge on any atom is -0.353 e. The third-order valence-electron chi connectivity index (χ3n) is 6.76. The van der Waals surface area contributed by atoms with Crippen molar-refractivity contribution < 1.29 is 23.2 Å². The Labute approximate surface area is 221 Å². The molecule has 1 saturated heterocycles. The van der Waals surface area contributed by atoms with Crippen molar-refractivity contribution in [3.8, 4) is 0 Å². The second-order valence-electron chi connectivity index (χ2n) is 9.31. The van der Waals surface area contributed by atoms with Gasteiger partial charge in [-0.25, -0.2) is 13.8 Å². The predicted octanol–water partition coefficient (Wildman–Crippen LogP) is 4.56. The molecular weight excluding hydrogens is 498 g/mol. The maximum atomic E-state index is 14.1. The van der Waals surface area contributed by atoms with Crippen molar-refractivity contribution in [2.45, 2.75) is 63.1 Å². The number of hydrogen-bond donors (Lipinski definition) is 1. The molecule has 0 atom stereocenters. The van der Waals surface area contributed by atoms with E-state index in [1.165, 1.54) is 17.1 Å². The number of nitrogens with zero attached hydrogens (tertiary/aromatic N) is 3. The number of thioether (sulfide) groups is 1. The van der Waals surface area contributed by atoms with E-state index in [1.807, 2.05) is 11.8 Å². The third kappa shape index (κ3) is 8.24. The van der Waals surface area contributed by atoms with Crippen LogP contribution in [0.4, 0.5) is 14.6 Å². The maximum absolute atomic E-state index is 14.1. The molecule has 2 aliphatic rings. The lowest BCUT2D eigenvalue weighted by Gasteiger charge is -2.36. The normalized spacial score (nSPS) is 20.6. The number of carbonyl (C=O) groups is 3. The van der Waals surface area contributed by atoms with Crippen LogP contribution in [-0.4, -0.2) is 64.8 Å². The van der Waals surface area contributed by atoms with Gasteiger partial charge in [-0.2, -0.15) is 11.8 Å². The smallest absolute Gasteiger partial charge is 0.257 e. The molecule has 1 N–H and O–H groups in total. The van der Waals surface area contributed by atoms with Gasteiger partial charge in [-0.1, -0.05) is 24.8 Å². The van der Waals surface area contributed by atoms with Crippen LogP contribution < -0.4 is 10.2 Å². The van der Waals surface area contributed by atoms with E-state index in [0.717, 1.165) is 36.6 Å². The number of halogens is 2. The molecule has 2 fully saturated rings. The highest BCUT2D eigenvalue weighted by molar-refractivity contribution is 7.99. The Balaban J connectivity index is 1.59. The molecule has 2 heterocycles. The molecule has 0 aromatic carbocycles. The number of hydrogen-bond acceptors (Lipinski definition) is 5. The summed E-state index contributed by atoms with van der Waals surface area (Å²) in [6.45, 7) is 3.12. The fraction of sp³-hybridized carbons (Fsp3) is 0.481. The highest BCUT2D eigenvalue weighted by atomic mass is 32.2. The Hall–Kier alpha value is -3.01. The second-order valence-corrected chi connectivity index (χ2v) is 10.5. The van der Waals surface area contributed by atoms with Crippen molar-refractivity contribution in [1.29, 1.82) is 0 Å². The third-order valence-corrected chi connectivity index (χ3v) is 7.81. The topological polar surface area (TPSA) is 82.6 Å². The monoisotopic (exact) mass is 532 g/mol. The summed E-state index contributed by atoms with van der Waals surface area (Å²) in [5.41, 5.74) is 0.0837. The number of anilines is 1. The van der Waals surface area contributed by atoms with E-state index in [2.05, 4.69) is 16.9 Å². The molecule has 10 heteroatoms. The molecule has 1 aromatic heterocycles. The average Bonchev–Trinajstić information content (AvgIpc) is 2.89. The number of pyridine rings is 1. The first-order chi connectivity index (χ1) is 17.8. The molecule has 0 spiro atoms. The van der Waals surface area contributed by atoms with Gasteiger partial charge in [-0.15, -0.1) is 0 Å². The highest BCUT2D eigenvalue weighted by Gasteiger charge is 2.32. The molecule has 7 nitrogen and oxygen atoms in total. The fourth-order valence-electron chi connectivity index (χ4n) is 4.73. The highest BCUT2D eigenvalue weighted by Crippen LogP contribution is 2.29. The van der Waals surface area contributed by atoms with Gasteiger partial charge in [0.1, 0.15) is 17.5 Å². The van der Waals surface area contributed by atoms with Crippen LogP contribution in [0, 0.1) is 5.82 Å². The number of allylic oxidation sites excluding steroid dienone is 4. The summed E-state index contributed by atoms with van der Waals surface area (Å²) in [4.78, 5) is 44.9. The number of carbonyl (C=O) groups excluding carboxylic acids is 3. The zero-order valence-corrected chi connectivity index (χ0v) is 21.9. The van der Waals surface area contributed by atoms with Crippen LogP contribution >= 0.6 is 11.8 Å². The Kier molecular flexibility index (Phi) is 10.9. The van der Waals surface area contributed by atoms with Crippen LogP contribution in [0.15, 0.2) is 49.0 Å². The van der Waals surface area contributed by atoms with Crippen molar-refractivity contribution >= 4 is 35.8 Å². The van der Waals surface area contributed by atoms with Gasteiger partial charge >= 0.3 is 0 Å². The lowest BCUT2D eigenvalue weighted by atomic mass is 9.90. The quantitative estimate of drug-likeness (QED) is 0.353. The largest absolute Gasteiger partial charge is 0.353 e. The lowest BCUT2D eigenvalue weighted by Crippen LogP contribution is -2.45. The second kappa shape index (κ2) is 14.1. The van der Waals surface area contributed by atoms with Crippen LogP contribution in [0.25, 0.3) is 0 Å².